The van der Waals surface area contributed by atoms with Crippen molar-refractivity contribution in [1.29, 1.82) is 0 Å². The third-order valence-electron chi connectivity index (χ3n) is 10.6. The molecule has 0 aromatic heterocycles. The average Bonchev–Trinajstić information content (AvgIpc) is 3.40. The van der Waals surface area contributed by atoms with E-state index in [1.165, 1.54) is 52.4 Å². The molecular formula is C36H43ClN2O9. The van der Waals surface area contributed by atoms with Gasteiger partial charge in [0.05, 0.1) is 21.3 Å². The number of hydrogen-bond donors (Lipinski definition) is 3. The van der Waals surface area contributed by atoms with Gasteiger partial charge in [0.15, 0.2) is 28.8 Å². The second-order valence-corrected chi connectivity index (χ2v) is 13.6. The molecule has 4 aliphatic rings. The van der Waals surface area contributed by atoms with Gasteiger partial charge in [-0.25, -0.2) is 0 Å². The molecule has 48 heavy (non-hydrogen) atoms. The smallest absolute Gasteiger partial charge is 0.231 e. The van der Waals surface area contributed by atoms with Gasteiger partial charge >= 0.3 is 0 Å². The Hall–Kier alpha value is -3.96. The van der Waals surface area contributed by atoms with E-state index in [1.54, 1.807) is 13.0 Å². The molecule has 12 heteroatoms. The van der Waals surface area contributed by atoms with E-state index in [9.17, 15) is 24.6 Å². The highest BCUT2D eigenvalue weighted by atomic mass is 35.5. The standard InChI is InChI=1S/C36H43ClN2O9/c1-19-14-25(41)30(34(43)36(19)35(44)31-27(46-3)17-28(47-4)32(37)33(31)48-36)22(20-10-11-24(40)26(15-20)45-2)16-29(42)38-18-21-8-7-13-39-12-6-5-9-23(21)39/h10-11,15,17,19,21-23,40,43H,5-9,12-14,16,18H2,1-4H3,(H,38,42)/t19-,21+,22?,23-,36+/m1/s1. The van der Waals surface area contributed by atoms with Crippen molar-refractivity contribution in [3.63, 3.8) is 0 Å². The largest absolute Gasteiger partial charge is 0.507 e. The molecule has 3 heterocycles. The van der Waals surface area contributed by atoms with Crippen molar-refractivity contribution in [1.82, 2.24) is 10.2 Å². The van der Waals surface area contributed by atoms with Crippen molar-refractivity contribution in [2.75, 3.05) is 41.0 Å². The van der Waals surface area contributed by atoms with Crippen LogP contribution in [-0.2, 0) is 9.59 Å². The molecule has 1 amide bonds. The third kappa shape index (κ3) is 5.64. The maximum absolute atomic E-state index is 14.4. The minimum absolute atomic E-state index is 0.0187. The van der Waals surface area contributed by atoms with Crippen molar-refractivity contribution >= 4 is 29.1 Å². The molecular weight excluding hydrogens is 640 g/mol. The predicted octanol–water partition coefficient (Wildman–Crippen LogP) is 5.36. The van der Waals surface area contributed by atoms with Crippen molar-refractivity contribution < 1.29 is 43.5 Å². The number of hydrogen-bond acceptors (Lipinski definition) is 10. The number of halogens is 1. The molecule has 0 saturated carbocycles. The molecule has 2 aromatic rings. The lowest BCUT2D eigenvalue weighted by Gasteiger charge is -2.44. The number of nitrogens with one attached hydrogen (secondary N) is 1. The summed E-state index contributed by atoms with van der Waals surface area (Å²) in [5.41, 5.74) is -1.65. The fourth-order valence-electron chi connectivity index (χ4n) is 8.15. The van der Waals surface area contributed by atoms with E-state index in [1.807, 2.05) is 0 Å². The number of Topliss-reactive ketones (excluding diaryl/α,β-unsaturated/α-hetero) is 2. The fourth-order valence-corrected chi connectivity index (χ4v) is 8.42. The molecule has 3 aliphatic heterocycles. The van der Waals surface area contributed by atoms with Gasteiger partial charge in [0.2, 0.25) is 17.3 Å². The maximum Gasteiger partial charge on any atom is 0.231 e. The Balaban J connectivity index is 1.39. The highest BCUT2D eigenvalue weighted by Crippen LogP contribution is 2.56. The number of phenols is 1. The topological polar surface area (TPSA) is 144 Å². The number of rotatable bonds is 9. The van der Waals surface area contributed by atoms with Gasteiger partial charge < -0.3 is 39.4 Å². The van der Waals surface area contributed by atoms with Crippen LogP contribution in [0.5, 0.6) is 28.7 Å². The number of carbonyl (C=O) groups excluding carboxylic acids is 3. The van der Waals surface area contributed by atoms with E-state index >= 15 is 0 Å². The number of allylic oxidation sites excluding steroid dienone is 1. The minimum Gasteiger partial charge on any atom is -0.507 e. The number of aromatic hydroxyl groups is 1. The Morgan fingerprint density at radius 3 is 2.50 bits per heavy atom. The predicted molar refractivity (Wildman–Crippen MR) is 178 cm³/mol. The van der Waals surface area contributed by atoms with E-state index < -0.39 is 34.8 Å². The van der Waals surface area contributed by atoms with Crippen LogP contribution in [0.25, 0.3) is 0 Å². The summed E-state index contributed by atoms with van der Waals surface area (Å²) >= 11 is 6.61. The average molecular weight is 683 g/mol. The third-order valence-corrected chi connectivity index (χ3v) is 11.0. The van der Waals surface area contributed by atoms with Crippen LogP contribution in [0.2, 0.25) is 5.02 Å². The Morgan fingerprint density at radius 2 is 1.77 bits per heavy atom. The van der Waals surface area contributed by atoms with Gasteiger partial charge in [-0.05, 0) is 62.4 Å². The fraction of sp³-hybridized carbons (Fsp3) is 0.528. The van der Waals surface area contributed by atoms with Crippen LogP contribution >= 0.6 is 11.6 Å². The van der Waals surface area contributed by atoms with Crippen LogP contribution in [0.4, 0.5) is 0 Å². The number of carbonyl (C=O) groups is 3. The Bertz CT molecular complexity index is 1660. The van der Waals surface area contributed by atoms with Gasteiger partial charge in [0.25, 0.3) is 0 Å². The molecule has 2 fully saturated rings. The number of piperidine rings is 2. The molecule has 0 radical (unpaired) electrons. The molecule has 1 spiro atoms. The van der Waals surface area contributed by atoms with Crippen LogP contribution in [0.15, 0.2) is 35.6 Å². The lowest BCUT2D eigenvalue weighted by atomic mass is 9.69. The molecule has 5 atom stereocenters. The first-order chi connectivity index (χ1) is 23.0. The number of aliphatic hydroxyl groups is 1. The number of ketones is 2. The summed E-state index contributed by atoms with van der Waals surface area (Å²) in [5, 5.41) is 25.6. The number of amides is 1. The van der Waals surface area contributed by atoms with Crippen LogP contribution in [0.3, 0.4) is 0 Å². The molecule has 1 unspecified atom stereocenters. The number of nitrogens with zero attached hydrogens (tertiary/aromatic N) is 1. The summed E-state index contributed by atoms with van der Waals surface area (Å²) in [6.07, 6.45) is 5.25. The Kier molecular flexibility index (Phi) is 9.55. The second-order valence-electron chi connectivity index (χ2n) is 13.3. The summed E-state index contributed by atoms with van der Waals surface area (Å²) in [6, 6.07) is 6.42. The zero-order valence-electron chi connectivity index (χ0n) is 27.8. The number of phenolic OH excluding ortho intramolecular Hbond substituents is 1. The van der Waals surface area contributed by atoms with Gasteiger partial charge in [-0.15, -0.1) is 0 Å². The van der Waals surface area contributed by atoms with Gasteiger partial charge in [-0.2, -0.15) is 0 Å². The first-order valence-corrected chi connectivity index (χ1v) is 17.0. The Morgan fingerprint density at radius 1 is 1.04 bits per heavy atom. The van der Waals surface area contributed by atoms with Crippen molar-refractivity contribution in [3.05, 3.63) is 51.7 Å². The minimum atomic E-state index is -2.00. The van der Waals surface area contributed by atoms with Crippen LogP contribution < -0.4 is 24.3 Å². The number of fused-ring (bicyclic) bond motifs is 2. The number of ether oxygens (including phenoxy) is 4. The summed E-state index contributed by atoms with van der Waals surface area (Å²) in [5.74, 6) is -3.07. The monoisotopic (exact) mass is 682 g/mol. The van der Waals surface area contributed by atoms with Gasteiger partial charge in [-0.1, -0.05) is 31.0 Å². The molecule has 0 bridgehead atoms. The van der Waals surface area contributed by atoms with Gasteiger partial charge in [0, 0.05) is 48.9 Å². The summed E-state index contributed by atoms with van der Waals surface area (Å²) in [7, 11) is 4.20. The first kappa shape index (κ1) is 33.9. The lowest BCUT2D eigenvalue weighted by molar-refractivity contribution is -0.122. The highest BCUT2D eigenvalue weighted by molar-refractivity contribution is 6.35. The maximum atomic E-state index is 14.4. The molecule has 6 rings (SSSR count). The van der Waals surface area contributed by atoms with E-state index in [2.05, 4.69) is 10.2 Å². The molecule has 3 N–H and O–H groups in total. The second kappa shape index (κ2) is 13.5. The normalized spacial score (nSPS) is 26.1. The zero-order valence-corrected chi connectivity index (χ0v) is 28.5. The van der Waals surface area contributed by atoms with Crippen LogP contribution in [0, 0.1) is 11.8 Å². The SMILES string of the molecule is COc1cc(C(CC(=O)NC[C@@H]2CCCN3CCCC[C@H]23)C2=C(O)[C@@]3(Oc4c(Cl)c(OC)cc(OC)c4C3=O)[C@H](C)CC2=O)ccc1O. The Labute approximate surface area is 285 Å². The van der Waals surface area contributed by atoms with E-state index in [4.69, 9.17) is 30.5 Å². The lowest BCUT2D eigenvalue weighted by Crippen LogP contribution is -2.53. The molecule has 11 nitrogen and oxygen atoms in total. The van der Waals surface area contributed by atoms with Crippen molar-refractivity contribution in [2.45, 2.75) is 69.4 Å². The molecule has 2 aromatic carbocycles. The van der Waals surface area contributed by atoms with Crippen molar-refractivity contribution in [2.24, 2.45) is 11.8 Å². The van der Waals surface area contributed by atoms with Crippen LogP contribution in [-0.4, -0.2) is 85.2 Å². The van der Waals surface area contributed by atoms with E-state index in [0.717, 1.165) is 32.4 Å². The van der Waals surface area contributed by atoms with E-state index in [0.29, 0.717) is 24.1 Å². The number of benzene rings is 2. The molecule has 258 valence electrons. The van der Waals surface area contributed by atoms with Gasteiger partial charge in [-0.3, -0.25) is 14.4 Å². The highest BCUT2D eigenvalue weighted by Gasteiger charge is 2.61. The molecule has 2 saturated heterocycles. The van der Waals surface area contributed by atoms with Crippen molar-refractivity contribution in [3.8, 4) is 28.7 Å². The summed E-state index contributed by atoms with van der Waals surface area (Å²) in [4.78, 5) is 44.6. The molecule has 1 aliphatic carbocycles. The van der Waals surface area contributed by atoms with Crippen LogP contribution in [0.1, 0.15) is 73.7 Å². The summed E-state index contributed by atoms with van der Waals surface area (Å²) < 4.78 is 22.5. The number of methoxy groups -OCH3 is 3. The zero-order chi connectivity index (χ0) is 34.3. The number of aliphatic hydroxyl groups excluding tert-OH is 1. The van der Waals surface area contributed by atoms with E-state index in [-0.39, 0.29) is 63.7 Å². The summed E-state index contributed by atoms with van der Waals surface area (Å²) in [6.45, 7) is 4.33. The van der Waals surface area contributed by atoms with Gasteiger partial charge in [0.1, 0.15) is 22.1 Å². The first-order valence-electron chi connectivity index (χ1n) is 16.6. The quantitative estimate of drug-likeness (QED) is 0.316.